The molecular weight excluding hydrogens is 226 g/mol. The molecule has 0 atom stereocenters. The molecule has 0 radical (unpaired) electrons. The molecule has 0 saturated carbocycles. The minimum atomic E-state index is 0.924. The predicted molar refractivity (Wildman–Crippen MR) is 79.0 cm³/mol. The van der Waals surface area contributed by atoms with Crippen molar-refractivity contribution < 1.29 is 0 Å². The number of rotatable bonds is 3. The van der Waals surface area contributed by atoms with Crippen LogP contribution in [0.1, 0.15) is 16.0 Å². The van der Waals surface area contributed by atoms with Crippen molar-refractivity contribution in [3.05, 3.63) is 59.6 Å². The monoisotopic (exact) mass is 241 g/mol. The van der Waals surface area contributed by atoms with Crippen LogP contribution >= 0.6 is 11.3 Å². The number of fused-ring (bicyclic) bond motifs is 1. The van der Waals surface area contributed by atoms with Crippen LogP contribution in [0.4, 0.5) is 0 Å². The van der Waals surface area contributed by atoms with Crippen LogP contribution in [0.25, 0.3) is 21.7 Å². The Balaban J connectivity index is 2.63. The van der Waals surface area contributed by atoms with Crippen LogP contribution in [0.5, 0.6) is 0 Å². The number of thiophene rings is 1. The van der Waals surface area contributed by atoms with Gasteiger partial charge < -0.3 is 5.73 Å². The van der Waals surface area contributed by atoms with Crippen LogP contribution in [-0.2, 0) is 0 Å². The van der Waals surface area contributed by atoms with Gasteiger partial charge in [0.1, 0.15) is 0 Å². The summed E-state index contributed by atoms with van der Waals surface area (Å²) in [5.41, 5.74) is 8.62. The average Bonchev–Trinajstić information content (AvgIpc) is 2.63. The van der Waals surface area contributed by atoms with Crippen LogP contribution in [0.3, 0.4) is 0 Å². The topological polar surface area (TPSA) is 26.0 Å². The highest BCUT2D eigenvalue weighted by atomic mass is 32.1. The smallest absolute Gasteiger partial charge is 0.0352 e. The van der Waals surface area contributed by atoms with Crippen LogP contribution in [0.2, 0.25) is 0 Å². The lowest BCUT2D eigenvalue weighted by molar-refractivity contribution is 1.59. The zero-order chi connectivity index (χ0) is 12.4. The number of allylic oxidation sites excluding steroid dienone is 2. The molecule has 2 heteroatoms. The summed E-state index contributed by atoms with van der Waals surface area (Å²) in [6.45, 7) is 9.99. The molecule has 1 heterocycles. The summed E-state index contributed by atoms with van der Waals surface area (Å²) in [5.74, 6) is 0. The Kier molecular flexibility index (Phi) is 3.16. The van der Waals surface area contributed by atoms with E-state index in [9.17, 15) is 0 Å². The third-order valence-corrected chi connectivity index (χ3v) is 3.89. The summed E-state index contributed by atoms with van der Waals surface area (Å²) >= 11 is 1.79. The van der Waals surface area contributed by atoms with Gasteiger partial charge in [-0.25, -0.2) is 0 Å². The molecule has 0 spiro atoms. The molecule has 17 heavy (non-hydrogen) atoms. The Hall–Kier alpha value is -1.80. The standard InChI is InChI=1S/C15H15NS/c1-4-13-11(3)17-15-6-5-12(9-14(13)15)10(2)7-8-16/h4-9H,1-2,16H2,3H3/b8-7-. The Labute approximate surface area is 106 Å². The molecule has 0 bridgehead atoms. The van der Waals surface area contributed by atoms with E-state index in [-0.39, 0.29) is 0 Å². The van der Waals surface area contributed by atoms with Gasteiger partial charge >= 0.3 is 0 Å². The van der Waals surface area contributed by atoms with E-state index in [4.69, 9.17) is 5.73 Å². The van der Waals surface area contributed by atoms with E-state index in [0.29, 0.717) is 0 Å². The lowest BCUT2D eigenvalue weighted by atomic mass is 10.0. The minimum Gasteiger partial charge on any atom is -0.405 e. The zero-order valence-corrected chi connectivity index (χ0v) is 10.7. The third kappa shape index (κ3) is 2.04. The van der Waals surface area contributed by atoms with Crippen LogP contribution in [0, 0.1) is 6.92 Å². The van der Waals surface area contributed by atoms with Gasteiger partial charge in [0.2, 0.25) is 0 Å². The number of benzene rings is 1. The first-order valence-electron chi connectivity index (χ1n) is 5.40. The Morgan fingerprint density at radius 1 is 1.41 bits per heavy atom. The zero-order valence-electron chi connectivity index (χ0n) is 9.86. The number of nitrogens with two attached hydrogens (primary N) is 1. The van der Waals surface area contributed by atoms with E-state index in [0.717, 1.165) is 11.1 Å². The van der Waals surface area contributed by atoms with Crippen molar-refractivity contribution >= 4 is 33.1 Å². The van der Waals surface area contributed by atoms with Gasteiger partial charge in [-0.3, -0.25) is 0 Å². The summed E-state index contributed by atoms with van der Waals surface area (Å²) in [6, 6.07) is 6.36. The Morgan fingerprint density at radius 3 is 2.82 bits per heavy atom. The molecule has 1 nitrogen and oxygen atoms in total. The van der Waals surface area contributed by atoms with E-state index >= 15 is 0 Å². The van der Waals surface area contributed by atoms with Gasteiger partial charge in [-0.15, -0.1) is 11.3 Å². The molecule has 2 rings (SSSR count). The highest BCUT2D eigenvalue weighted by molar-refractivity contribution is 7.19. The van der Waals surface area contributed by atoms with Crippen LogP contribution in [0.15, 0.2) is 43.6 Å². The van der Waals surface area contributed by atoms with E-state index in [1.807, 2.05) is 12.2 Å². The fraction of sp³-hybridized carbons (Fsp3) is 0.0667. The molecule has 0 aliphatic rings. The summed E-state index contributed by atoms with van der Waals surface area (Å²) in [7, 11) is 0. The van der Waals surface area contributed by atoms with Crippen molar-refractivity contribution in [1.29, 1.82) is 0 Å². The van der Waals surface area contributed by atoms with Crippen molar-refractivity contribution in [3.8, 4) is 0 Å². The molecular formula is C15H15NS. The maximum Gasteiger partial charge on any atom is 0.0352 e. The van der Waals surface area contributed by atoms with Crippen molar-refractivity contribution in [3.63, 3.8) is 0 Å². The lowest BCUT2D eigenvalue weighted by Crippen LogP contribution is -1.82. The summed E-state index contributed by atoms with van der Waals surface area (Å²) in [5, 5.41) is 1.24. The van der Waals surface area contributed by atoms with Gasteiger partial charge in [0.25, 0.3) is 0 Å². The van der Waals surface area contributed by atoms with Gasteiger partial charge in [0.05, 0.1) is 0 Å². The van der Waals surface area contributed by atoms with E-state index in [1.54, 1.807) is 11.3 Å². The number of hydrogen-bond acceptors (Lipinski definition) is 2. The molecule has 1 aromatic carbocycles. The maximum atomic E-state index is 5.38. The highest BCUT2D eigenvalue weighted by Crippen LogP contribution is 2.33. The lowest BCUT2D eigenvalue weighted by Gasteiger charge is -2.01. The highest BCUT2D eigenvalue weighted by Gasteiger charge is 2.07. The first-order valence-corrected chi connectivity index (χ1v) is 6.22. The summed E-state index contributed by atoms with van der Waals surface area (Å²) in [6.07, 6.45) is 5.24. The van der Waals surface area contributed by atoms with Gasteiger partial charge in [0, 0.05) is 15.0 Å². The molecule has 0 aliphatic heterocycles. The molecule has 0 fully saturated rings. The second kappa shape index (κ2) is 4.60. The minimum absolute atomic E-state index is 0.924. The van der Waals surface area contributed by atoms with Crippen molar-refractivity contribution in [1.82, 2.24) is 0 Å². The van der Waals surface area contributed by atoms with Gasteiger partial charge in [-0.05, 0) is 48.0 Å². The van der Waals surface area contributed by atoms with Crippen LogP contribution < -0.4 is 5.73 Å². The second-order valence-corrected chi connectivity index (χ2v) is 5.13. The van der Waals surface area contributed by atoms with E-state index in [1.165, 1.54) is 26.7 Å². The molecule has 2 N–H and O–H groups in total. The molecule has 0 saturated heterocycles. The van der Waals surface area contributed by atoms with Crippen molar-refractivity contribution in [2.45, 2.75) is 6.92 Å². The second-order valence-electron chi connectivity index (χ2n) is 3.87. The Bertz CT molecular complexity index is 617. The van der Waals surface area contributed by atoms with E-state index < -0.39 is 0 Å². The van der Waals surface area contributed by atoms with E-state index in [2.05, 4.69) is 38.3 Å². The Morgan fingerprint density at radius 2 is 2.18 bits per heavy atom. The first kappa shape index (κ1) is 11.7. The molecule has 0 aliphatic carbocycles. The number of aryl methyl sites for hydroxylation is 1. The predicted octanol–water partition coefficient (Wildman–Crippen LogP) is 4.34. The largest absolute Gasteiger partial charge is 0.405 e. The van der Waals surface area contributed by atoms with Crippen LogP contribution in [-0.4, -0.2) is 0 Å². The first-order chi connectivity index (χ1) is 8.17. The normalized spacial score (nSPS) is 11.1. The SMILES string of the molecule is C=Cc1c(C)sc2ccc(C(=C)/C=C\N)cc12. The van der Waals surface area contributed by atoms with Gasteiger partial charge in [-0.1, -0.05) is 25.3 Å². The molecule has 2 aromatic rings. The summed E-state index contributed by atoms with van der Waals surface area (Å²) in [4.78, 5) is 1.30. The third-order valence-electron chi connectivity index (χ3n) is 2.78. The fourth-order valence-corrected chi connectivity index (χ4v) is 2.95. The fourth-order valence-electron chi connectivity index (χ4n) is 1.90. The molecule has 1 aromatic heterocycles. The van der Waals surface area contributed by atoms with Gasteiger partial charge in [0.15, 0.2) is 0 Å². The van der Waals surface area contributed by atoms with Crippen molar-refractivity contribution in [2.24, 2.45) is 5.73 Å². The quantitative estimate of drug-likeness (QED) is 0.795. The van der Waals surface area contributed by atoms with Crippen molar-refractivity contribution in [2.75, 3.05) is 0 Å². The number of hydrogen-bond donors (Lipinski definition) is 1. The maximum absolute atomic E-state index is 5.38. The molecule has 86 valence electrons. The molecule has 0 unspecified atom stereocenters. The molecule has 0 amide bonds. The summed E-state index contributed by atoms with van der Waals surface area (Å²) < 4.78 is 1.28. The van der Waals surface area contributed by atoms with Gasteiger partial charge in [-0.2, -0.15) is 0 Å². The average molecular weight is 241 g/mol.